The van der Waals surface area contributed by atoms with Crippen LogP contribution in [-0.4, -0.2) is 35.3 Å². The van der Waals surface area contributed by atoms with Crippen molar-refractivity contribution < 1.29 is 5.11 Å². The standard InChI is InChI=1S/C14H29NOS/c1-3-5-12-6-7-13(15-8-4-2)14(11-12)17-10-9-16/h12-16H,3-11H2,1-2H3. The van der Waals surface area contributed by atoms with Crippen LogP contribution >= 0.6 is 11.8 Å². The van der Waals surface area contributed by atoms with E-state index in [0.717, 1.165) is 23.5 Å². The second-order valence-electron chi connectivity index (χ2n) is 5.16. The van der Waals surface area contributed by atoms with Gasteiger partial charge in [-0.15, -0.1) is 0 Å². The summed E-state index contributed by atoms with van der Waals surface area (Å²) in [6, 6.07) is 0.680. The molecule has 0 radical (unpaired) electrons. The van der Waals surface area contributed by atoms with Crippen LogP contribution in [0, 0.1) is 5.92 Å². The Kier molecular flexibility index (Phi) is 8.33. The summed E-state index contributed by atoms with van der Waals surface area (Å²) in [5, 5.41) is 13.4. The fourth-order valence-electron chi connectivity index (χ4n) is 2.83. The lowest BCUT2D eigenvalue weighted by atomic mass is 9.83. The molecule has 0 saturated heterocycles. The molecule has 0 aromatic heterocycles. The second kappa shape index (κ2) is 9.23. The first-order valence-electron chi connectivity index (χ1n) is 7.27. The van der Waals surface area contributed by atoms with Crippen LogP contribution in [0.5, 0.6) is 0 Å². The van der Waals surface area contributed by atoms with Gasteiger partial charge in [-0.2, -0.15) is 11.8 Å². The van der Waals surface area contributed by atoms with Crippen molar-refractivity contribution in [3.05, 3.63) is 0 Å². The number of aliphatic hydroxyl groups is 1. The van der Waals surface area contributed by atoms with Crippen LogP contribution in [0.1, 0.15) is 52.4 Å². The van der Waals surface area contributed by atoms with Gasteiger partial charge in [0.2, 0.25) is 0 Å². The fraction of sp³-hybridized carbons (Fsp3) is 1.00. The quantitative estimate of drug-likeness (QED) is 0.703. The van der Waals surface area contributed by atoms with Crippen LogP contribution in [0.3, 0.4) is 0 Å². The van der Waals surface area contributed by atoms with Gasteiger partial charge in [0.1, 0.15) is 0 Å². The van der Waals surface area contributed by atoms with E-state index < -0.39 is 0 Å². The molecule has 3 unspecified atom stereocenters. The number of hydrogen-bond donors (Lipinski definition) is 2. The zero-order chi connectivity index (χ0) is 12.5. The lowest BCUT2D eigenvalue weighted by Gasteiger charge is -2.36. The van der Waals surface area contributed by atoms with Gasteiger partial charge < -0.3 is 10.4 Å². The molecule has 1 rings (SSSR count). The summed E-state index contributed by atoms with van der Waals surface area (Å²) in [4.78, 5) is 0. The first-order valence-corrected chi connectivity index (χ1v) is 8.32. The van der Waals surface area contributed by atoms with E-state index in [-0.39, 0.29) is 0 Å². The van der Waals surface area contributed by atoms with Crippen LogP contribution in [-0.2, 0) is 0 Å². The van der Waals surface area contributed by atoms with E-state index in [1.165, 1.54) is 38.5 Å². The summed E-state index contributed by atoms with van der Waals surface area (Å²) in [6.07, 6.45) is 7.98. The molecule has 2 N–H and O–H groups in total. The average Bonchev–Trinajstić information content (AvgIpc) is 2.35. The molecule has 1 aliphatic rings. The largest absolute Gasteiger partial charge is 0.396 e. The Balaban J connectivity index is 2.40. The number of rotatable bonds is 8. The number of hydrogen-bond acceptors (Lipinski definition) is 3. The Labute approximate surface area is 111 Å². The van der Waals surface area contributed by atoms with E-state index >= 15 is 0 Å². The highest BCUT2D eigenvalue weighted by Crippen LogP contribution is 2.34. The summed E-state index contributed by atoms with van der Waals surface area (Å²) in [6.45, 7) is 5.97. The topological polar surface area (TPSA) is 32.3 Å². The maximum atomic E-state index is 8.99. The molecule has 0 aromatic carbocycles. The lowest BCUT2D eigenvalue weighted by molar-refractivity contribution is 0.285. The van der Waals surface area contributed by atoms with E-state index in [9.17, 15) is 0 Å². The fourth-order valence-corrected chi connectivity index (χ4v) is 4.11. The Morgan fingerprint density at radius 3 is 2.71 bits per heavy atom. The first-order chi connectivity index (χ1) is 8.31. The van der Waals surface area contributed by atoms with Crippen molar-refractivity contribution >= 4 is 11.8 Å². The highest BCUT2D eigenvalue weighted by molar-refractivity contribution is 7.99. The number of aliphatic hydroxyl groups excluding tert-OH is 1. The summed E-state index contributed by atoms with van der Waals surface area (Å²) in [5.41, 5.74) is 0. The van der Waals surface area contributed by atoms with Gasteiger partial charge in [-0.05, 0) is 38.1 Å². The normalized spacial score (nSPS) is 29.5. The van der Waals surface area contributed by atoms with Gasteiger partial charge in [-0.25, -0.2) is 0 Å². The van der Waals surface area contributed by atoms with Crippen molar-refractivity contribution in [3.63, 3.8) is 0 Å². The highest BCUT2D eigenvalue weighted by Gasteiger charge is 2.29. The van der Waals surface area contributed by atoms with Crippen molar-refractivity contribution in [1.82, 2.24) is 5.32 Å². The second-order valence-corrected chi connectivity index (χ2v) is 6.51. The molecule has 1 aliphatic carbocycles. The molecular formula is C14H29NOS. The third-order valence-electron chi connectivity index (χ3n) is 3.68. The molecule has 3 heteroatoms. The van der Waals surface area contributed by atoms with Crippen molar-refractivity contribution in [2.75, 3.05) is 18.9 Å². The molecule has 0 aliphatic heterocycles. The van der Waals surface area contributed by atoms with E-state index in [2.05, 4.69) is 19.2 Å². The van der Waals surface area contributed by atoms with Crippen LogP contribution in [0.2, 0.25) is 0 Å². The van der Waals surface area contributed by atoms with Crippen molar-refractivity contribution in [2.24, 2.45) is 5.92 Å². The zero-order valence-electron chi connectivity index (χ0n) is 11.5. The number of nitrogens with one attached hydrogen (secondary N) is 1. The van der Waals surface area contributed by atoms with E-state index in [4.69, 9.17) is 5.11 Å². The van der Waals surface area contributed by atoms with Crippen molar-refractivity contribution in [1.29, 1.82) is 0 Å². The molecule has 0 spiro atoms. The molecule has 1 fully saturated rings. The minimum absolute atomic E-state index is 0.320. The smallest absolute Gasteiger partial charge is 0.0521 e. The Bertz CT molecular complexity index is 189. The van der Waals surface area contributed by atoms with Gasteiger partial charge in [0, 0.05) is 17.0 Å². The molecule has 3 atom stereocenters. The molecule has 0 aromatic rings. The molecule has 0 heterocycles. The number of thioether (sulfide) groups is 1. The van der Waals surface area contributed by atoms with Crippen LogP contribution in [0.15, 0.2) is 0 Å². The molecule has 1 saturated carbocycles. The van der Waals surface area contributed by atoms with Crippen molar-refractivity contribution in [2.45, 2.75) is 63.7 Å². The minimum Gasteiger partial charge on any atom is -0.396 e. The van der Waals surface area contributed by atoms with Crippen molar-refractivity contribution in [3.8, 4) is 0 Å². The Morgan fingerprint density at radius 1 is 1.24 bits per heavy atom. The van der Waals surface area contributed by atoms with E-state index in [1.807, 2.05) is 11.8 Å². The average molecular weight is 259 g/mol. The third-order valence-corrected chi connectivity index (χ3v) is 5.04. The van der Waals surface area contributed by atoms with Gasteiger partial charge in [0.15, 0.2) is 0 Å². The van der Waals surface area contributed by atoms with E-state index in [1.54, 1.807) is 0 Å². The lowest BCUT2D eigenvalue weighted by Crippen LogP contribution is -2.43. The predicted octanol–water partition coefficient (Wildman–Crippen LogP) is 3.05. The third kappa shape index (κ3) is 5.62. The SMILES string of the molecule is CCCNC1CCC(CCC)CC1SCCO. The molecule has 17 heavy (non-hydrogen) atoms. The first kappa shape index (κ1) is 15.3. The molecule has 102 valence electrons. The van der Waals surface area contributed by atoms with E-state index in [0.29, 0.717) is 12.6 Å². The zero-order valence-corrected chi connectivity index (χ0v) is 12.3. The van der Waals surface area contributed by atoms with Crippen LogP contribution < -0.4 is 5.32 Å². The summed E-state index contributed by atoms with van der Waals surface area (Å²) in [5.74, 6) is 1.82. The van der Waals surface area contributed by atoms with Gasteiger partial charge in [0.05, 0.1) is 6.61 Å². The Hall–Kier alpha value is 0.270. The molecule has 2 nitrogen and oxygen atoms in total. The molecule has 0 amide bonds. The van der Waals surface area contributed by atoms with Gasteiger partial charge in [-0.3, -0.25) is 0 Å². The van der Waals surface area contributed by atoms with Gasteiger partial charge in [0.25, 0.3) is 0 Å². The maximum absolute atomic E-state index is 8.99. The van der Waals surface area contributed by atoms with Crippen LogP contribution in [0.4, 0.5) is 0 Å². The minimum atomic E-state index is 0.320. The summed E-state index contributed by atoms with van der Waals surface area (Å²) < 4.78 is 0. The molecular weight excluding hydrogens is 230 g/mol. The summed E-state index contributed by atoms with van der Waals surface area (Å²) in [7, 11) is 0. The summed E-state index contributed by atoms with van der Waals surface area (Å²) >= 11 is 1.97. The predicted molar refractivity (Wildman–Crippen MR) is 77.7 cm³/mol. The molecule has 0 bridgehead atoms. The monoisotopic (exact) mass is 259 g/mol. The maximum Gasteiger partial charge on any atom is 0.0521 e. The van der Waals surface area contributed by atoms with Gasteiger partial charge in [-0.1, -0.05) is 26.7 Å². The van der Waals surface area contributed by atoms with Gasteiger partial charge >= 0.3 is 0 Å². The highest BCUT2D eigenvalue weighted by atomic mass is 32.2. The van der Waals surface area contributed by atoms with Crippen LogP contribution in [0.25, 0.3) is 0 Å². The Morgan fingerprint density at radius 2 is 2.06 bits per heavy atom.